The summed E-state index contributed by atoms with van der Waals surface area (Å²) in [4.78, 5) is 2.40. The van der Waals surface area contributed by atoms with Crippen LogP contribution in [0.4, 0.5) is 10.8 Å². The zero-order valence-electron chi connectivity index (χ0n) is 10.6. The monoisotopic (exact) mass is 242 g/mol. The number of hydrogen-bond donors (Lipinski definition) is 2. The Hall–Kier alpha value is -0.810. The molecule has 0 saturated heterocycles. The van der Waals surface area contributed by atoms with Gasteiger partial charge in [-0.1, -0.05) is 13.8 Å². The molecule has 4 nitrogen and oxygen atoms in total. The molecule has 16 heavy (non-hydrogen) atoms. The molecule has 0 radical (unpaired) electrons. The molecule has 0 aliphatic heterocycles. The van der Waals surface area contributed by atoms with Crippen LogP contribution in [0.25, 0.3) is 0 Å². The van der Waals surface area contributed by atoms with Crippen LogP contribution in [0.5, 0.6) is 0 Å². The van der Waals surface area contributed by atoms with Crippen molar-refractivity contribution < 1.29 is 0 Å². The minimum absolute atomic E-state index is 0.415. The Kier molecular flexibility index (Phi) is 5.02. The second-order valence-corrected chi connectivity index (χ2v) is 4.83. The first-order valence-corrected chi connectivity index (χ1v) is 6.56. The number of aromatic nitrogens is 1. The molecule has 1 rings (SSSR count). The van der Waals surface area contributed by atoms with Gasteiger partial charge in [-0.2, -0.15) is 4.37 Å². The van der Waals surface area contributed by atoms with Gasteiger partial charge in [-0.3, -0.25) is 0 Å². The Balaban J connectivity index is 2.51. The van der Waals surface area contributed by atoms with Gasteiger partial charge in [0.2, 0.25) is 0 Å². The maximum absolute atomic E-state index is 5.72. The molecule has 1 aromatic rings. The van der Waals surface area contributed by atoms with Gasteiger partial charge in [0, 0.05) is 18.2 Å². The third-order valence-corrected chi connectivity index (χ3v) is 3.66. The second kappa shape index (κ2) is 6.06. The van der Waals surface area contributed by atoms with Crippen LogP contribution in [0.2, 0.25) is 0 Å². The van der Waals surface area contributed by atoms with Gasteiger partial charge in [0.25, 0.3) is 0 Å². The molecular weight excluding hydrogens is 220 g/mol. The van der Waals surface area contributed by atoms with Crippen LogP contribution in [-0.4, -0.2) is 34.9 Å². The minimum Gasteiger partial charge on any atom is -0.383 e. The van der Waals surface area contributed by atoms with E-state index < -0.39 is 0 Å². The fraction of sp³-hybridized carbons (Fsp3) is 0.727. The van der Waals surface area contributed by atoms with Gasteiger partial charge in [0.1, 0.15) is 10.8 Å². The number of nitrogens with zero attached hydrogens (tertiary/aromatic N) is 2. The summed E-state index contributed by atoms with van der Waals surface area (Å²) in [6.45, 7) is 11.8. The maximum Gasteiger partial charge on any atom is 0.142 e. The molecule has 0 aromatic carbocycles. The molecule has 0 saturated carbocycles. The summed E-state index contributed by atoms with van der Waals surface area (Å²) < 4.78 is 4.13. The average Bonchev–Trinajstić information content (AvgIpc) is 2.58. The molecule has 0 bridgehead atoms. The standard InChI is InChI=1S/C11H22N4S/c1-5-15(6-2)7-8(3)13-11-9(4)10(12)14-16-11/h8,13H,5-7H2,1-4H3,(H2,12,14). The predicted molar refractivity (Wildman–Crippen MR) is 72.1 cm³/mol. The highest BCUT2D eigenvalue weighted by Gasteiger charge is 2.11. The lowest BCUT2D eigenvalue weighted by molar-refractivity contribution is 0.295. The summed E-state index contributed by atoms with van der Waals surface area (Å²) in [5.41, 5.74) is 6.78. The highest BCUT2D eigenvalue weighted by Crippen LogP contribution is 2.25. The van der Waals surface area contributed by atoms with Crippen molar-refractivity contribution in [3.05, 3.63) is 5.56 Å². The molecule has 92 valence electrons. The Bertz CT molecular complexity index is 320. The van der Waals surface area contributed by atoms with Crippen molar-refractivity contribution in [2.45, 2.75) is 33.7 Å². The molecule has 1 unspecified atom stereocenters. The second-order valence-electron chi connectivity index (χ2n) is 4.05. The van der Waals surface area contributed by atoms with Crippen LogP contribution in [0.15, 0.2) is 0 Å². The Morgan fingerprint density at radius 3 is 2.50 bits per heavy atom. The number of anilines is 2. The van der Waals surface area contributed by atoms with Crippen LogP contribution < -0.4 is 11.1 Å². The maximum atomic E-state index is 5.72. The fourth-order valence-electron chi connectivity index (χ4n) is 1.62. The van der Waals surface area contributed by atoms with Crippen molar-refractivity contribution in [1.82, 2.24) is 9.27 Å². The van der Waals surface area contributed by atoms with Gasteiger partial charge in [-0.05, 0) is 38.5 Å². The topological polar surface area (TPSA) is 54.2 Å². The van der Waals surface area contributed by atoms with E-state index in [0.717, 1.165) is 30.2 Å². The molecule has 1 atom stereocenters. The molecule has 0 aliphatic carbocycles. The van der Waals surface area contributed by atoms with Crippen molar-refractivity contribution in [3.63, 3.8) is 0 Å². The van der Waals surface area contributed by atoms with E-state index in [0.29, 0.717) is 11.9 Å². The number of nitrogen functional groups attached to an aromatic ring is 1. The third-order valence-electron chi connectivity index (χ3n) is 2.76. The summed E-state index contributed by atoms with van der Waals surface area (Å²) >= 11 is 1.44. The summed E-state index contributed by atoms with van der Waals surface area (Å²) in [6.07, 6.45) is 0. The van der Waals surface area contributed by atoms with Crippen molar-refractivity contribution in [2.24, 2.45) is 0 Å². The average molecular weight is 242 g/mol. The normalized spacial score (nSPS) is 13.1. The first kappa shape index (κ1) is 13.3. The highest BCUT2D eigenvalue weighted by molar-refractivity contribution is 7.10. The van der Waals surface area contributed by atoms with Crippen molar-refractivity contribution >= 4 is 22.4 Å². The van der Waals surface area contributed by atoms with Gasteiger partial charge in [-0.25, -0.2) is 0 Å². The molecule has 0 amide bonds. The first-order valence-electron chi connectivity index (χ1n) is 5.79. The van der Waals surface area contributed by atoms with Crippen LogP contribution in [-0.2, 0) is 0 Å². The highest BCUT2D eigenvalue weighted by atomic mass is 32.1. The third kappa shape index (κ3) is 3.35. The number of rotatable bonds is 6. The van der Waals surface area contributed by atoms with Gasteiger partial charge in [0.15, 0.2) is 0 Å². The van der Waals surface area contributed by atoms with E-state index in [1.54, 1.807) is 0 Å². The van der Waals surface area contributed by atoms with Crippen LogP contribution >= 0.6 is 11.5 Å². The molecule has 0 fully saturated rings. The molecular formula is C11H22N4S. The van der Waals surface area contributed by atoms with E-state index in [9.17, 15) is 0 Å². The number of nitrogens with one attached hydrogen (secondary N) is 1. The lowest BCUT2D eigenvalue weighted by atomic mass is 10.3. The van der Waals surface area contributed by atoms with E-state index in [2.05, 4.69) is 35.4 Å². The first-order chi connectivity index (χ1) is 7.58. The van der Waals surface area contributed by atoms with Crippen LogP contribution in [0.1, 0.15) is 26.3 Å². The Morgan fingerprint density at radius 2 is 2.06 bits per heavy atom. The minimum atomic E-state index is 0.415. The van der Waals surface area contributed by atoms with Crippen LogP contribution in [0, 0.1) is 6.92 Å². The lowest BCUT2D eigenvalue weighted by Gasteiger charge is -2.23. The summed E-state index contributed by atoms with van der Waals surface area (Å²) in [5.74, 6) is 0.641. The van der Waals surface area contributed by atoms with E-state index in [1.165, 1.54) is 11.5 Å². The number of likely N-dealkylation sites (N-methyl/N-ethyl adjacent to an activating group) is 1. The predicted octanol–water partition coefficient (Wildman–Crippen LogP) is 2.18. The SMILES string of the molecule is CCN(CC)CC(C)Nc1snc(N)c1C. The van der Waals surface area contributed by atoms with E-state index in [4.69, 9.17) is 5.73 Å². The zero-order valence-corrected chi connectivity index (χ0v) is 11.4. The van der Waals surface area contributed by atoms with Crippen molar-refractivity contribution in [2.75, 3.05) is 30.7 Å². The molecule has 1 aromatic heterocycles. The summed E-state index contributed by atoms with van der Waals surface area (Å²) in [6, 6.07) is 0.415. The molecule has 5 heteroatoms. The molecule has 0 spiro atoms. The van der Waals surface area contributed by atoms with Gasteiger partial charge >= 0.3 is 0 Å². The molecule has 1 heterocycles. The van der Waals surface area contributed by atoms with Crippen molar-refractivity contribution in [1.29, 1.82) is 0 Å². The van der Waals surface area contributed by atoms with Crippen LogP contribution in [0.3, 0.4) is 0 Å². The van der Waals surface area contributed by atoms with E-state index >= 15 is 0 Å². The molecule has 0 aliphatic rings. The van der Waals surface area contributed by atoms with E-state index in [1.807, 2.05) is 6.92 Å². The van der Waals surface area contributed by atoms with E-state index in [-0.39, 0.29) is 0 Å². The van der Waals surface area contributed by atoms with Gasteiger partial charge in [0.05, 0.1) is 0 Å². The fourth-order valence-corrected chi connectivity index (χ4v) is 2.44. The molecule has 3 N–H and O–H groups in total. The Labute approximate surface area is 102 Å². The Morgan fingerprint density at radius 1 is 1.44 bits per heavy atom. The van der Waals surface area contributed by atoms with Gasteiger partial charge < -0.3 is 16.0 Å². The largest absolute Gasteiger partial charge is 0.383 e. The number of nitrogens with two attached hydrogens (primary N) is 1. The van der Waals surface area contributed by atoms with Crippen molar-refractivity contribution in [3.8, 4) is 0 Å². The number of hydrogen-bond acceptors (Lipinski definition) is 5. The lowest BCUT2D eigenvalue weighted by Crippen LogP contribution is -2.34. The zero-order chi connectivity index (χ0) is 12.1. The quantitative estimate of drug-likeness (QED) is 0.803. The van der Waals surface area contributed by atoms with Gasteiger partial charge in [-0.15, -0.1) is 0 Å². The summed E-state index contributed by atoms with van der Waals surface area (Å²) in [5, 5.41) is 4.56. The summed E-state index contributed by atoms with van der Waals surface area (Å²) in [7, 11) is 0. The smallest absolute Gasteiger partial charge is 0.142 e.